The van der Waals surface area contributed by atoms with Gasteiger partial charge in [0.15, 0.2) is 5.60 Å². The molecule has 2 aromatic heterocycles. The average molecular weight is 409 g/mol. The van der Waals surface area contributed by atoms with Crippen molar-refractivity contribution in [3.63, 3.8) is 0 Å². The van der Waals surface area contributed by atoms with Crippen molar-refractivity contribution >= 4 is 5.91 Å². The maximum absolute atomic E-state index is 13.5. The van der Waals surface area contributed by atoms with E-state index in [9.17, 15) is 13.6 Å². The van der Waals surface area contributed by atoms with E-state index in [0.717, 1.165) is 6.20 Å². The Balaban J connectivity index is 1.70. The molecule has 0 saturated heterocycles. The molecule has 1 aromatic carbocycles. The van der Waals surface area contributed by atoms with Crippen molar-refractivity contribution in [1.82, 2.24) is 9.97 Å². The lowest BCUT2D eigenvalue weighted by molar-refractivity contribution is -0.127. The molecule has 1 amide bonds. The van der Waals surface area contributed by atoms with Gasteiger partial charge in [-0.1, -0.05) is 18.2 Å². The Morgan fingerprint density at radius 3 is 2.17 bits per heavy atom. The highest BCUT2D eigenvalue weighted by Gasteiger charge is 2.50. The van der Waals surface area contributed by atoms with E-state index >= 15 is 0 Å². The summed E-state index contributed by atoms with van der Waals surface area (Å²) in [5.41, 5.74) is 5.23. The molecule has 2 heterocycles. The molecule has 0 radical (unpaired) electrons. The number of nitrogens with two attached hydrogens (primary N) is 1. The van der Waals surface area contributed by atoms with E-state index in [2.05, 4.69) is 9.97 Å². The van der Waals surface area contributed by atoms with E-state index in [-0.39, 0.29) is 5.82 Å². The number of carbonyl (C=O) groups is 1. The molecule has 5 nitrogen and oxygen atoms in total. The summed E-state index contributed by atoms with van der Waals surface area (Å²) < 4.78 is 33.2. The lowest BCUT2D eigenvalue weighted by atomic mass is 9.64. The van der Waals surface area contributed by atoms with Crippen molar-refractivity contribution in [2.75, 3.05) is 0 Å². The Labute approximate surface area is 172 Å². The minimum Gasteiger partial charge on any atom is -0.465 e. The first kappa shape index (κ1) is 19.9. The lowest BCUT2D eigenvalue weighted by Crippen LogP contribution is -2.49. The van der Waals surface area contributed by atoms with Gasteiger partial charge in [0.1, 0.15) is 11.6 Å². The van der Waals surface area contributed by atoms with Gasteiger partial charge >= 0.3 is 0 Å². The summed E-state index contributed by atoms with van der Waals surface area (Å²) in [6, 6.07) is 14.1. The fraction of sp³-hybridized carbons (Fsp3) is 0.261. The zero-order chi connectivity index (χ0) is 21.2. The van der Waals surface area contributed by atoms with Gasteiger partial charge in [0.2, 0.25) is 11.8 Å². The smallest absolute Gasteiger partial charge is 0.228 e. The number of hydrogen-bond acceptors (Lipinski definition) is 4. The zero-order valence-electron chi connectivity index (χ0n) is 16.2. The van der Waals surface area contributed by atoms with Crippen LogP contribution in [0.3, 0.4) is 0 Å². The van der Waals surface area contributed by atoms with E-state index in [0.29, 0.717) is 42.8 Å². The van der Waals surface area contributed by atoms with Crippen LogP contribution in [0.15, 0.2) is 67.0 Å². The van der Waals surface area contributed by atoms with Crippen LogP contribution in [0.2, 0.25) is 0 Å². The minimum atomic E-state index is -0.940. The number of nitrogens with zero attached hydrogens (tertiary/aromatic N) is 2. The molecule has 154 valence electrons. The van der Waals surface area contributed by atoms with Crippen LogP contribution in [0.25, 0.3) is 0 Å². The molecule has 0 bridgehead atoms. The fourth-order valence-electron chi connectivity index (χ4n) is 4.19. The molecule has 30 heavy (non-hydrogen) atoms. The maximum Gasteiger partial charge on any atom is 0.228 e. The molecular weight excluding hydrogens is 388 g/mol. The molecule has 1 saturated carbocycles. The highest BCUT2D eigenvalue weighted by molar-refractivity contribution is 5.87. The van der Waals surface area contributed by atoms with Gasteiger partial charge in [-0.2, -0.15) is 0 Å². The number of halogens is 2. The summed E-state index contributed by atoms with van der Waals surface area (Å²) in [5, 5.41) is 0. The van der Waals surface area contributed by atoms with Gasteiger partial charge in [0, 0.05) is 12.3 Å². The summed E-state index contributed by atoms with van der Waals surface area (Å²) in [4.78, 5) is 21.0. The molecule has 0 spiro atoms. The van der Waals surface area contributed by atoms with Gasteiger partial charge in [-0.25, -0.2) is 13.8 Å². The number of carbonyl (C=O) groups excluding carboxylic acids is 1. The van der Waals surface area contributed by atoms with Gasteiger partial charge < -0.3 is 10.5 Å². The SMILES string of the molecule is NC(=O)[C@]1(c2ccc(F)cc2)CC[C@](Oc2ccccn2)(c2ccc(F)cn2)CC1. The quantitative estimate of drug-likeness (QED) is 0.690. The number of hydrogen-bond donors (Lipinski definition) is 1. The van der Waals surface area contributed by atoms with Gasteiger partial charge in [0.25, 0.3) is 0 Å². The second kappa shape index (κ2) is 7.82. The Kier molecular flexibility index (Phi) is 5.20. The molecule has 7 heteroatoms. The molecule has 1 fully saturated rings. The molecule has 0 unspecified atom stereocenters. The minimum absolute atomic E-state index is 0.375. The summed E-state index contributed by atoms with van der Waals surface area (Å²) >= 11 is 0. The molecule has 2 N–H and O–H groups in total. The van der Waals surface area contributed by atoms with Crippen molar-refractivity contribution in [1.29, 1.82) is 0 Å². The molecule has 1 aliphatic carbocycles. The maximum atomic E-state index is 13.5. The fourth-order valence-corrected chi connectivity index (χ4v) is 4.19. The van der Waals surface area contributed by atoms with Crippen molar-refractivity contribution in [3.05, 3.63) is 89.9 Å². The Bertz CT molecular complexity index is 1020. The second-order valence-electron chi connectivity index (χ2n) is 7.58. The lowest BCUT2D eigenvalue weighted by Gasteiger charge is -2.44. The monoisotopic (exact) mass is 409 g/mol. The number of primary amides is 1. The van der Waals surface area contributed by atoms with E-state index in [4.69, 9.17) is 10.5 Å². The number of amides is 1. The van der Waals surface area contributed by atoms with Crippen LogP contribution < -0.4 is 10.5 Å². The van der Waals surface area contributed by atoms with Crippen LogP contribution >= 0.6 is 0 Å². The van der Waals surface area contributed by atoms with Crippen molar-refractivity contribution in [3.8, 4) is 5.88 Å². The predicted molar refractivity (Wildman–Crippen MR) is 106 cm³/mol. The molecule has 4 rings (SSSR count). The van der Waals surface area contributed by atoms with E-state index in [1.165, 1.54) is 18.2 Å². The zero-order valence-corrected chi connectivity index (χ0v) is 16.2. The summed E-state index contributed by atoms with van der Waals surface area (Å²) in [5.74, 6) is -0.873. The number of aromatic nitrogens is 2. The molecule has 0 atom stereocenters. The molecule has 0 aliphatic heterocycles. The van der Waals surface area contributed by atoms with E-state index in [1.807, 2.05) is 6.07 Å². The Hall–Kier alpha value is -3.35. The van der Waals surface area contributed by atoms with Crippen LogP contribution in [0.1, 0.15) is 36.9 Å². The van der Waals surface area contributed by atoms with Gasteiger partial charge in [-0.3, -0.25) is 9.78 Å². The van der Waals surface area contributed by atoms with Gasteiger partial charge in [-0.05, 0) is 61.6 Å². The third-order valence-corrected chi connectivity index (χ3v) is 5.91. The molecular formula is C23H21F2N3O2. The second-order valence-corrected chi connectivity index (χ2v) is 7.58. The first-order chi connectivity index (χ1) is 14.4. The number of benzene rings is 1. The Morgan fingerprint density at radius 2 is 1.60 bits per heavy atom. The third kappa shape index (κ3) is 3.63. The van der Waals surface area contributed by atoms with Crippen LogP contribution in [0, 0.1) is 11.6 Å². The van der Waals surface area contributed by atoms with Crippen molar-refractivity contribution in [2.45, 2.75) is 36.7 Å². The average Bonchev–Trinajstić information content (AvgIpc) is 2.76. The summed E-state index contributed by atoms with van der Waals surface area (Å²) in [6.45, 7) is 0. The number of ether oxygens (including phenoxy) is 1. The highest BCUT2D eigenvalue weighted by atomic mass is 19.1. The molecule has 3 aromatic rings. The van der Waals surface area contributed by atoms with Crippen LogP contribution in [0.4, 0.5) is 8.78 Å². The summed E-state index contributed by atoms with van der Waals surface area (Å²) in [7, 11) is 0. The highest BCUT2D eigenvalue weighted by Crippen LogP contribution is 2.48. The normalized spacial score (nSPS) is 23.7. The summed E-state index contributed by atoms with van der Waals surface area (Å²) in [6.07, 6.45) is 4.33. The predicted octanol–water partition coefficient (Wildman–Crippen LogP) is 4.03. The van der Waals surface area contributed by atoms with Crippen LogP contribution in [0.5, 0.6) is 5.88 Å². The molecule has 1 aliphatic rings. The van der Waals surface area contributed by atoms with Crippen LogP contribution in [-0.2, 0) is 15.8 Å². The van der Waals surface area contributed by atoms with Gasteiger partial charge in [0.05, 0.1) is 17.3 Å². The standard InChI is InChI=1S/C23H21F2N3O2/c24-17-6-4-16(5-7-17)22(21(26)29)10-12-23(13-11-22,19-9-8-18(25)15-28-19)30-20-3-1-2-14-27-20/h1-9,14-15H,10-13H2,(H2,26,29)/t22-,23-. The third-order valence-electron chi connectivity index (χ3n) is 5.91. The first-order valence-electron chi connectivity index (χ1n) is 9.72. The number of rotatable bonds is 5. The topological polar surface area (TPSA) is 78.1 Å². The van der Waals surface area contributed by atoms with E-state index < -0.39 is 22.7 Å². The largest absolute Gasteiger partial charge is 0.465 e. The van der Waals surface area contributed by atoms with Gasteiger partial charge in [-0.15, -0.1) is 0 Å². The van der Waals surface area contributed by atoms with Crippen molar-refractivity contribution in [2.24, 2.45) is 5.73 Å². The number of pyridine rings is 2. The van der Waals surface area contributed by atoms with Crippen molar-refractivity contribution < 1.29 is 18.3 Å². The van der Waals surface area contributed by atoms with E-state index in [1.54, 1.807) is 36.5 Å². The first-order valence-corrected chi connectivity index (χ1v) is 9.72. The van der Waals surface area contributed by atoms with Crippen LogP contribution in [-0.4, -0.2) is 15.9 Å². The Morgan fingerprint density at radius 1 is 0.900 bits per heavy atom.